The number of carbonyl (C=O) groups is 1. The van der Waals surface area contributed by atoms with Gasteiger partial charge in [-0.15, -0.1) is 0 Å². The number of anilines is 1. The summed E-state index contributed by atoms with van der Waals surface area (Å²) in [5.74, 6) is -0.512. The molecule has 0 spiro atoms. The van der Waals surface area contributed by atoms with Gasteiger partial charge in [-0.05, 0) is 30.7 Å². The van der Waals surface area contributed by atoms with Crippen molar-refractivity contribution in [2.45, 2.75) is 13.0 Å². The zero-order chi connectivity index (χ0) is 16.1. The van der Waals surface area contributed by atoms with E-state index in [1.54, 1.807) is 24.3 Å². The number of rotatable bonds is 4. The molecule has 0 bridgehead atoms. The Labute approximate surface area is 132 Å². The van der Waals surface area contributed by atoms with Crippen LogP contribution in [0.5, 0.6) is 0 Å². The molecule has 0 aliphatic rings. The number of hydrogen-bond acceptors (Lipinski definition) is 2. The van der Waals surface area contributed by atoms with Crippen molar-refractivity contribution in [2.75, 3.05) is 11.9 Å². The van der Waals surface area contributed by atoms with Crippen molar-refractivity contribution in [3.63, 3.8) is 0 Å². The van der Waals surface area contributed by atoms with Crippen molar-refractivity contribution < 1.29 is 14.3 Å². The summed E-state index contributed by atoms with van der Waals surface area (Å²) in [6.45, 7) is 1.75. The van der Waals surface area contributed by atoms with Crippen LogP contribution in [-0.2, 0) is 0 Å². The monoisotopic (exact) mass is 322 g/mol. The molecule has 0 saturated heterocycles. The van der Waals surface area contributed by atoms with Crippen LogP contribution in [0.25, 0.3) is 0 Å². The second-order valence-corrected chi connectivity index (χ2v) is 5.24. The summed E-state index contributed by atoms with van der Waals surface area (Å²) in [5.41, 5.74) is 1.58. The second-order valence-electron chi connectivity index (χ2n) is 4.84. The van der Waals surface area contributed by atoms with Gasteiger partial charge in [-0.25, -0.2) is 9.18 Å². The molecule has 0 heterocycles. The Bertz CT molecular complexity index is 679. The van der Waals surface area contributed by atoms with Crippen molar-refractivity contribution in [1.29, 1.82) is 0 Å². The van der Waals surface area contributed by atoms with Crippen LogP contribution in [0.15, 0.2) is 42.5 Å². The molecule has 4 nitrogen and oxygen atoms in total. The fourth-order valence-corrected chi connectivity index (χ4v) is 2.07. The molecule has 6 heteroatoms. The summed E-state index contributed by atoms with van der Waals surface area (Å²) in [7, 11) is 0. The normalized spacial score (nSPS) is 11.8. The van der Waals surface area contributed by atoms with E-state index in [2.05, 4.69) is 10.6 Å². The number of nitrogens with one attached hydrogen (secondary N) is 2. The minimum absolute atomic E-state index is 0.105. The first kappa shape index (κ1) is 16.3. The van der Waals surface area contributed by atoms with Gasteiger partial charge >= 0.3 is 6.03 Å². The predicted molar refractivity (Wildman–Crippen MR) is 84.6 cm³/mol. The van der Waals surface area contributed by atoms with E-state index in [9.17, 15) is 14.3 Å². The van der Waals surface area contributed by atoms with Crippen LogP contribution < -0.4 is 10.6 Å². The van der Waals surface area contributed by atoms with Gasteiger partial charge in [0, 0.05) is 22.8 Å². The fraction of sp³-hybridized carbons (Fsp3) is 0.188. The number of benzene rings is 2. The molecule has 1 atom stereocenters. The smallest absolute Gasteiger partial charge is 0.319 e. The third-order valence-electron chi connectivity index (χ3n) is 3.15. The molecule has 0 aliphatic heterocycles. The minimum Gasteiger partial charge on any atom is -0.386 e. The van der Waals surface area contributed by atoms with Crippen LogP contribution in [0.1, 0.15) is 17.2 Å². The number of amides is 2. The SMILES string of the molecule is Cc1ccc(NC(=O)NCC(O)c2ccccc2F)cc1Cl. The summed E-state index contributed by atoms with van der Waals surface area (Å²) in [4.78, 5) is 11.8. The van der Waals surface area contributed by atoms with E-state index in [-0.39, 0.29) is 12.1 Å². The molecule has 22 heavy (non-hydrogen) atoms. The summed E-state index contributed by atoms with van der Waals surface area (Å²) in [5, 5.41) is 15.5. The first-order valence-electron chi connectivity index (χ1n) is 6.71. The minimum atomic E-state index is -1.12. The lowest BCUT2D eigenvalue weighted by Gasteiger charge is -2.14. The van der Waals surface area contributed by atoms with Crippen LogP contribution in [0.2, 0.25) is 5.02 Å². The molecule has 1 unspecified atom stereocenters. The van der Waals surface area contributed by atoms with E-state index in [0.29, 0.717) is 10.7 Å². The van der Waals surface area contributed by atoms with Gasteiger partial charge in [0.2, 0.25) is 0 Å². The topological polar surface area (TPSA) is 61.4 Å². The quantitative estimate of drug-likeness (QED) is 0.804. The Hall–Kier alpha value is -2.11. The van der Waals surface area contributed by atoms with Gasteiger partial charge in [-0.2, -0.15) is 0 Å². The largest absolute Gasteiger partial charge is 0.386 e. The Balaban J connectivity index is 1.90. The molecule has 0 fully saturated rings. The van der Waals surface area contributed by atoms with E-state index in [0.717, 1.165) is 5.56 Å². The van der Waals surface area contributed by atoms with Gasteiger partial charge in [0.15, 0.2) is 0 Å². The third kappa shape index (κ3) is 4.19. The molecular weight excluding hydrogens is 307 g/mol. The highest BCUT2D eigenvalue weighted by atomic mass is 35.5. The average molecular weight is 323 g/mol. The zero-order valence-corrected chi connectivity index (χ0v) is 12.7. The van der Waals surface area contributed by atoms with Crippen LogP contribution >= 0.6 is 11.6 Å². The van der Waals surface area contributed by atoms with Crippen molar-refractivity contribution in [3.8, 4) is 0 Å². The van der Waals surface area contributed by atoms with Crippen LogP contribution in [0.4, 0.5) is 14.9 Å². The number of carbonyl (C=O) groups excluding carboxylic acids is 1. The van der Waals surface area contributed by atoms with Crippen molar-refractivity contribution in [2.24, 2.45) is 0 Å². The van der Waals surface area contributed by atoms with E-state index >= 15 is 0 Å². The third-order valence-corrected chi connectivity index (χ3v) is 3.56. The predicted octanol–water partition coefficient (Wildman–Crippen LogP) is 3.64. The van der Waals surface area contributed by atoms with Crippen molar-refractivity contribution in [1.82, 2.24) is 5.32 Å². The van der Waals surface area contributed by atoms with E-state index in [4.69, 9.17) is 11.6 Å². The van der Waals surface area contributed by atoms with Gasteiger partial charge in [0.05, 0.1) is 6.10 Å². The van der Waals surface area contributed by atoms with Gasteiger partial charge in [0.25, 0.3) is 0 Å². The summed E-state index contributed by atoms with van der Waals surface area (Å²) in [6, 6.07) is 10.5. The molecular formula is C16H16ClFN2O2. The highest BCUT2D eigenvalue weighted by Gasteiger charge is 2.13. The number of urea groups is 1. The van der Waals surface area contributed by atoms with Crippen LogP contribution in [0.3, 0.4) is 0 Å². The summed E-state index contributed by atoms with van der Waals surface area (Å²) >= 11 is 5.97. The van der Waals surface area contributed by atoms with E-state index in [1.165, 1.54) is 18.2 Å². The Morgan fingerprint density at radius 3 is 2.73 bits per heavy atom. The lowest BCUT2D eigenvalue weighted by Crippen LogP contribution is -2.32. The maximum absolute atomic E-state index is 13.5. The van der Waals surface area contributed by atoms with Crippen LogP contribution in [0, 0.1) is 12.7 Å². The molecule has 2 aromatic rings. The molecule has 2 amide bonds. The lowest BCUT2D eigenvalue weighted by molar-refractivity contribution is 0.170. The number of halogens is 2. The second kappa shape index (κ2) is 7.24. The summed E-state index contributed by atoms with van der Waals surface area (Å²) in [6.07, 6.45) is -1.12. The molecule has 3 N–H and O–H groups in total. The highest BCUT2D eigenvalue weighted by Crippen LogP contribution is 2.20. The summed E-state index contributed by atoms with van der Waals surface area (Å²) < 4.78 is 13.5. The standard InChI is InChI=1S/C16H16ClFN2O2/c1-10-6-7-11(8-13(10)17)20-16(22)19-9-15(21)12-4-2-3-5-14(12)18/h2-8,15,21H,9H2,1H3,(H2,19,20,22). The molecule has 2 rings (SSSR count). The Kier molecular flexibility index (Phi) is 5.35. The molecule has 0 radical (unpaired) electrons. The molecule has 0 aliphatic carbocycles. The zero-order valence-electron chi connectivity index (χ0n) is 11.9. The first-order valence-corrected chi connectivity index (χ1v) is 7.08. The maximum atomic E-state index is 13.5. The molecule has 0 saturated carbocycles. The molecule has 116 valence electrons. The van der Waals surface area contributed by atoms with Gasteiger partial charge < -0.3 is 15.7 Å². The molecule has 2 aromatic carbocycles. The average Bonchev–Trinajstić information content (AvgIpc) is 2.49. The van der Waals surface area contributed by atoms with Gasteiger partial charge in [0.1, 0.15) is 5.82 Å². The number of aliphatic hydroxyl groups is 1. The first-order chi connectivity index (χ1) is 10.5. The van der Waals surface area contributed by atoms with Gasteiger partial charge in [-0.1, -0.05) is 35.9 Å². The van der Waals surface area contributed by atoms with Crippen molar-refractivity contribution in [3.05, 3.63) is 64.4 Å². The Morgan fingerprint density at radius 2 is 2.05 bits per heavy atom. The number of aliphatic hydroxyl groups excluding tert-OH is 1. The number of hydrogen-bond donors (Lipinski definition) is 3. The number of aryl methyl sites for hydroxylation is 1. The maximum Gasteiger partial charge on any atom is 0.319 e. The van der Waals surface area contributed by atoms with E-state index < -0.39 is 18.0 Å². The highest BCUT2D eigenvalue weighted by molar-refractivity contribution is 6.31. The fourth-order valence-electron chi connectivity index (χ4n) is 1.89. The van der Waals surface area contributed by atoms with Gasteiger partial charge in [-0.3, -0.25) is 0 Å². The Morgan fingerprint density at radius 1 is 1.32 bits per heavy atom. The van der Waals surface area contributed by atoms with Crippen molar-refractivity contribution >= 4 is 23.3 Å². The van der Waals surface area contributed by atoms with E-state index in [1.807, 2.05) is 6.92 Å². The lowest BCUT2D eigenvalue weighted by atomic mass is 10.1. The van der Waals surface area contributed by atoms with Crippen LogP contribution in [-0.4, -0.2) is 17.7 Å². The molecule has 0 aromatic heterocycles.